The highest BCUT2D eigenvalue weighted by atomic mass is 16.4. The molecule has 3 unspecified atom stereocenters. The van der Waals surface area contributed by atoms with Gasteiger partial charge in [-0.25, -0.2) is 0 Å². The van der Waals surface area contributed by atoms with Crippen LogP contribution < -0.4 is 0 Å². The van der Waals surface area contributed by atoms with Crippen molar-refractivity contribution in [3.8, 4) is 0 Å². The van der Waals surface area contributed by atoms with Gasteiger partial charge >= 0.3 is 5.97 Å². The molecule has 3 atom stereocenters. The van der Waals surface area contributed by atoms with E-state index in [1.165, 1.54) is 392 Å². The highest BCUT2D eigenvalue weighted by molar-refractivity contribution is 5.80. The second kappa shape index (κ2) is 70.9. The van der Waals surface area contributed by atoms with Crippen molar-refractivity contribution in [1.29, 1.82) is 0 Å². The van der Waals surface area contributed by atoms with Gasteiger partial charge in [-0.2, -0.15) is 0 Å². The summed E-state index contributed by atoms with van der Waals surface area (Å²) in [5, 5.41) is 20.5. The third kappa shape index (κ3) is 65.1. The fourth-order valence-electron chi connectivity index (χ4n) is 13.3. The van der Waals surface area contributed by atoms with Crippen LogP contribution in [0.1, 0.15) is 470 Å². The number of rotatable bonds is 74. The van der Waals surface area contributed by atoms with Crippen LogP contribution in [0.5, 0.6) is 0 Å². The molecule has 0 heterocycles. The Bertz CT molecular complexity index is 1200. The predicted molar refractivity (Wildman–Crippen MR) is 366 cm³/mol. The molecule has 0 rings (SSSR count). The fraction of sp³-hybridized carbons (Fsp3) is 0.974. The number of hydrogen-bond donors (Lipinski definition) is 2. The van der Waals surface area contributed by atoms with Crippen molar-refractivity contribution in [2.75, 3.05) is 0 Å². The van der Waals surface area contributed by atoms with Crippen molar-refractivity contribution in [2.45, 2.75) is 476 Å². The number of unbranched alkanes of at least 4 members (excludes halogenated alkanes) is 63. The lowest BCUT2D eigenvalue weighted by atomic mass is 9.91. The van der Waals surface area contributed by atoms with Crippen molar-refractivity contribution in [3.63, 3.8) is 0 Å². The summed E-state index contributed by atoms with van der Waals surface area (Å²) in [5.41, 5.74) is 0. The van der Waals surface area contributed by atoms with E-state index in [2.05, 4.69) is 20.8 Å². The van der Waals surface area contributed by atoms with E-state index in [4.69, 9.17) is 0 Å². The maximum absolute atomic E-state index is 12.6. The Morgan fingerprint density at radius 1 is 0.244 bits per heavy atom. The van der Waals surface area contributed by atoms with E-state index in [0.717, 1.165) is 44.9 Å². The van der Waals surface area contributed by atoms with Crippen LogP contribution in [0.25, 0.3) is 0 Å². The molecule has 82 heavy (non-hydrogen) atoms. The minimum atomic E-state index is -0.802. The molecule has 0 aromatic heterocycles. The zero-order valence-electron chi connectivity index (χ0n) is 56.9. The van der Waals surface area contributed by atoms with Gasteiger partial charge in [0, 0.05) is 12.3 Å². The summed E-state index contributed by atoms with van der Waals surface area (Å²) in [5.74, 6) is -0.574. The summed E-state index contributed by atoms with van der Waals surface area (Å²) in [6.07, 6.45) is 93.1. The topological polar surface area (TPSA) is 74.6 Å². The zero-order valence-corrected chi connectivity index (χ0v) is 56.9. The van der Waals surface area contributed by atoms with Crippen LogP contribution in [0.15, 0.2) is 0 Å². The van der Waals surface area contributed by atoms with E-state index < -0.39 is 18.0 Å². The molecule has 490 valence electrons. The Hall–Kier alpha value is -0.900. The number of aliphatic hydroxyl groups excluding tert-OH is 1. The summed E-state index contributed by atoms with van der Waals surface area (Å²) >= 11 is 0. The van der Waals surface area contributed by atoms with Crippen LogP contribution in [0.3, 0.4) is 0 Å². The minimum Gasteiger partial charge on any atom is -0.481 e. The molecule has 0 bridgehead atoms. The predicted octanol–water partition coefficient (Wildman–Crippen LogP) is 27.6. The summed E-state index contributed by atoms with van der Waals surface area (Å²) in [4.78, 5) is 24.6. The number of carboxylic acid groups (broad SMARTS) is 1. The highest BCUT2D eigenvalue weighted by Gasteiger charge is 2.25. The first-order valence-electron chi connectivity index (χ1n) is 38.9. The summed E-state index contributed by atoms with van der Waals surface area (Å²) in [6.45, 7) is 6.78. The van der Waals surface area contributed by atoms with Gasteiger partial charge in [0.2, 0.25) is 0 Å². The molecule has 0 aromatic rings. The number of carbonyl (C=O) groups is 2. The average Bonchev–Trinajstić information content (AvgIpc) is 3.48. The molecule has 0 saturated carbocycles. The van der Waals surface area contributed by atoms with E-state index in [9.17, 15) is 19.8 Å². The number of aliphatic hydroxyl groups is 1. The monoisotopic (exact) mass is 1160 g/mol. The van der Waals surface area contributed by atoms with Gasteiger partial charge in [-0.3, -0.25) is 9.59 Å². The number of aliphatic carboxylic acids is 1. The van der Waals surface area contributed by atoms with E-state index in [-0.39, 0.29) is 5.92 Å². The van der Waals surface area contributed by atoms with Crippen molar-refractivity contribution in [3.05, 3.63) is 0 Å². The molecular weight excluding hydrogens is 1000 g/mol. The van der Waals surface area contributed by atoms with Gasteiger partial charge < -0.3 is 10.2 Å². The quantitative estimate of drug-likeness (QED) is 0.0595. The summed E-state index contributed by atoms with van der Waals surface area (Å²) < 4.78 is 0. The SMILES string of the molecule is CCCCCCCCCCCCCCCCCCCCC(C(=O)O)C(O)CCCCCCCCCCCCCCCCCCCCCCCCCCCCCCCCCCCCC(=O)C(C)CCCCCCCCCCCCCCCC. The van der Waals surface area contributed by atoms with Gasteiger partial charge in [0.15, 0.2) is 0 Å². The van der Waals surface area contributed by atoms with Crippen LogP contribution in [0, 0.1) is 11.8 Å². The normalized spacial score (nSPS) is 12.9. The van der Waals surface area contributed by atoms with Gasteiger partial charge in [0.1, 0.15) is 5.78 Å². The summed E-state index contributed by atoms with van der Waals surface area (Å²) in [7, 11) is 0. The Labute approximate surface area is 517 Å². The molecule has 4 nitrogen and oxygen atoms in total. The van der Waals surface area contributed by atoms with Crippen molar-refractivity contribution in [1.82, 2.24) is 0 Å². The van der Waals surface area contributed by atoms with E-state index in [1.807, 2.05) is 0 Å². The fourth-order valence-corrected chi connectivity index (χ4v) is 13.3. The Morgan fingerprint density at radius 3 is 0.622 bits per heavy atom. The lowest BCUT2D eigenvalue weighted by Crippen LogP contribution is -2.28. The largest absolute Gasteiger partial charge is 0.481 e. The first-order chi connectivity index (χ1) is 40.4. The molecular formula is C78H154O4. The molecule has 2 N–H and O–H groups in total. The molecule has 0 aliphatic rings. The Morgan fingerprint density at radius 2 is 0.415 bits per heavy atom. The van der Waals surface area contributed by atoms with Gasteiger partial charge in [0.25, 0.3) is 0 Å². The van der Waals surface area contributed by atoms with E-state index >= 15 is 0 Å². The smallest absolute Gasteiger partial charge is 0.309 e. The number of ketones is 1. The van der Waals surface area contributed by atoms with Gasteiger partial charge in [-0.15, -0.1) is 0 Å². The molecule has 0 amide bonds. The molecule has 0 aromatic carbocycles. The standard InChI is InChI=1S/C78H154O4/c1-4-6-8-10-12-14-16-18-20-21-40-43-47-51-55-59-63-67-71-75(78(81)82)77(80)73-69-65-61-57-53-49-45-42-39-37-35-33-31-29-27-25-23-22-24-26-28-30-32-34-36-38-41-44-48-52-56-60-64-68-72-76(79)74(3)70-66-62-58-54-50-46-19-17-15-13-11-9-7-5-2/h74-75,77,80H,4-73H2,1-3H3,(H,81,82). The van der Waals surface area contributed by atoms with Crippen LogP contribution in [-0.4, -0.2) is 28.1 Å². The van der Waals surface area contributed by atoms with Crippen molar-refractivity contribution < 1.29 is 19.8 Å². The molecule has 0 spiro atoms. The second-order valence-corrected chi connectivity index (χ2v) is 27.6. The van der Waals surface area contributed by atoms with Crippen molar-refractivity contribution >= 4 is 11.8 Å². The molecule has 4 heteroatoms. The Balaban J connectivity index is 3.33. The highest BCUT2D eigenvalue weighted by Crippen LogP contribution is 2.24. The third-order valence-electron chi connectivity index (χ3n) is 19.4. The molecule has 0 aliphatic heterocycles. The van der Waals surface area contributed by atoms with Crippen LogP contribution >= 0.6 is 0 Å². The molecule has 0 radical (unpaired) electrons. The number of carbonyl (C=O) groups excluding carboxylic acids is 1. The van der Waals surface area contributed by atoms with Crippen LogP contribution in [-0.2, 0) is 9.59 Å². The maximum Gasteiger partial charge on any atom is 0.309 e. The molecule has 0 saturated heterocycles. The lowest BCUT2D eigenvalue weighted by molar-refractivity contribution is -0.146. The zero-order chi connectivity index (χ0) is 59.4. The van der Waals surface area contributed by atoms with E-state index in [0.29, 0.717) is 18.6 Å². The molecule has 0 fully saturated rings. The number of hydrogen-bond acceptors (Lipinski definition) is 3. The average molecular weight is 1160 g/mol. The van der Waals surface area contributed by atoms with Gasteiger partial charge in [-0.1, -0.05) is 438 Å². The number of Topliss-reactive ketones (excluding diaryl/α,β-unsaturated/α-hetero) is 1. The molecule has 0 aliphatic carbocycles. The first kappa shape index (κ1) is 81.1. The van der Waals surface area contributed by atoms with Gasteiger partial charge in [0.05, 0.1) is 12.0 Å². The Kier molecular flexibility index (Phi) is 70.1. The van der Waals surface area contributed by atoms with E-state index in [1.54, 1.807) is 0 Å². The maximum atomic E-state index is 12.6. The van der Waals surface area contributed by atoms with Crippen LogP contribution in [0.4, 0.5) is 0 Å². The lowest BCUT2D eigenvalue weighted by Gasteiger charge is -2.19. The number of carboxylic acids is 1. The van der Waals surface area contributed by atoms with Gasteiger partial charge in [-0.05, 0) is 25.7 Å². The van der Waals surface area contributed by atoms with Crippen molar-refractivity contribution in [2.24, 2.45) is 11.8 Å². The summed E-state index contributed by atoms with van der Waals surface area (Å²) in [6, 6.07) is 0. The first-order valence-corrected chi connectivity index (χ1v) is 38.9. The second-order valence-electron chi connectivity index (χ2n) is 27.6. The van der Waals surface area contributed by atoms with Crippen LogP contribution in [0.2, 0.25) is 0 Å². The minimum absolute atomic E-state index is 0.282. The third-order valence-corrected chi connectivity index (χ3v) is 19.4.